The Kier molecular flexibility index (Phi) is 5.17. The van der Waals surface area contributed by atoms with Crippen LogP contribution in [-0.4, -0.2) is 33.6 Å². The van der Waals surface area contributed by atoms with Crippen LogP contribution in [0.5, 0.6) is 0 Å². The number of thiophene rings is 1. The molecule has 0 saturated carbocycles. The van der Waals surface area contributed by atoms with Gasteiger partial charge in [-0.25, -0.2) is 9.78 Å². The smallest absolute Gasteiger partial charge is 0.341 e. The van der Waals surface area contributed by atoms with Gasteiger partial charge in [-0.2, -0.15) is 0 Å². The molecule has 3 aromatic heterocycles. The molecule has 0 saturated heterocycles. The van der Waals surface area contributed by atoms with Crippen molar-refractivity contribution in [2.24, 2.45) is 0 Å². The van der Waals surface area contributed by atoms with Crippen LogP contribution in [-0.2, 0) is 9.53 Å². The summed E-state index contributed by atoms with van der Waals surface area (Å²) in [6.07, 6.45) is 3.67. The minimum Gasteiger partial charge on any atom is -0.462 e. The zero-order valence-electron chi connectivity index (χ0n) is 12.9. The first-order chi connectivity index (χ1) is 11.7. The third-order valence-corrected chi connectivity index (χ3v) is 4.95. The highest BCUT2D eigenvalue weighted by atomic mass is 32.2. The van der Waals surface area contributed by atoms with Crippen molar-refractivity contribution in [2.45, 2.75) is 12.1 Å². The van der Waals surface area contributed by atoms with Gasteiger partial charge in [-0.15, -0.1) is 11.3 Å². The van der Waals surface area contributed by atoms with Crippen molar-refractivity contribution in [1.29, 1.82) is 0 Å². The van der Waals surface area contributed by atoms with Crippen molar-refractivity contribution in [3.8, 4) is 0 Å². The van der Waals surface area contributed by atoms with Gasteiger partial charge in [0.05, 0.1) is 29.6 Å². The summed E-state index contributed by atoms with van der Waals surface area (Å²) < 4.78 is 6.90. The van der Waals surface area contributed by atoms with E-state index in [1.165, 1.54) is 23.1 Å². The van der Waals surface area contributed by atoms with Gasteiger partial charge in [0.1, 0.15) is 5.00 Å². The predicted octanol–water partition coefficient (Wildman–Crippen LogP) is 3.30. The van der Waals surface area contributed by atoms with E-state index in [-0.39, 0.29) is 11.7 Å². The quantitative estimate of drug-likeness (QED) is 0.539. The number of pyridine rings is 1. The molecule has 1 amide bonds. The SMILES string of the molecule is CCOC(=O)c1ccsc1NC(=O)CSc1ncc2ccccn12. The number of rotatable bonds is 6. The van der Waals surface area contributed by atoms with Gasteiger partial charge < -0.3 is 10.1 Å². The van der Waals surface area contributed by atoms with E-state index in [0.717, 1.165) is 10.7 Å². The highest BCUT2D eigenvalue weighted by Gasteiger charge is 2.16. The molecule has 0 aromatic carbocycles. The van der Waals surface area contributed by atoms with Crippen molar-refractivity contribution in [2.75, 3.05) is 17.7 Å². The van der Waals surface area contributed by atoms with Crippen LogP contribution in [0.1, 0.15) is 17.3 Å². The Morgan fingerprint density at radius 3 is 3.08 bits per heavy atom. The molecule has 8 heteroatoms. The Balaban J connectivity index is 1.62. The Labute approximate surface area is 146 Å². The number of carbonyl (C=O) groups is 2. The predicted molar refractivity (Wildman–Crippen MR) is 94.8 cm³/mol. The summed E-state index contributed by atoms with van der Waals surface area (Å²) in [6, 6.07) is 7.45. The van der Waals surface area contributed by atoms with Gasteiger partial charge in [-0.3, -0.25) is 9.20 Å². The monoisotopic (exact) mass is 361 g/mol. The van der Waals surface area contributed by atoms with Crippen LogP contribution in [0.15, 0.2) is 47.2 Å². The van der Waals surface area contributed by atoms with E-state index in [4.69, 9.17) is 4.74 Å². The zero-order chi connectivity index (χ0) is 16.9. The van der Waals surface area contributed by atoms with Gasteiger partial charge in [-0.1, -0.05) is 17.8 Å². The van der Waals surface area contributed by atoms with Crippen molar-refractivity contribution < 1.29 is 14.3 Å². The summed E-state index contributed by atoms with van der Waals surface area (Å²) in [6.45, 7) is 2.04. The van der Waals surface area contributed by atoms with E-state index in [9.17, 15) is 9.59 Å². The first-order valence-electron chi connectivity index (χ1n) is 7.28. The number of esters is 1. The van der Waals surface area contributed by atoms with E-state index in [2.05, 4.69) is 10.3 Å². The topological polar surface area (TPSA) is 72.7 Å². The van der Waals surface area contributed by atoms with E-state index >= 15 is 0 Å². The van der Waals surface area contributed by atoms with Crippen LogP contribution < -0.4 is 5.32 Å². The lowest BCUT2D eigenvalue weighted by molar-refractivity contribution is -0.113. The largest absolute Gasteiger partial charge is 0.462 e. The fraction of sp³-hybridized carbons (Fsp3) is 0.188. The van der Waals surface area contributed by atoms with E-state index in [1.807, 2.05) is 28.8 Å². The Morgan fingerprint density at radius 1 is 1.38 bits per heavy atom. The number of hydrogen-bond acceptors (Lipinski definition) is 6. The average molecular weight is 361 g/mol. The number of carbonyl (C=O) groups excluding carboxylic acids is 2. The summed E-state index contributed by atoms with van der Waals surface area (Å²) in [4.78, 5) is 28.3. The molecule has 0 atom stereocenters. The molecule has 0 spiro atoms. The summed E-state index contributed by atoms with van der Waals surface area (Å²) in [5, 5.41) is 5.76. The summed E-state index contributed by atoms with van der Waals surface area (Å²) >= 11 is 2.63. The van der Waals surface area contributed by atoms with Gasteiger partial charge in [0.2, 0.25) is 5.91 Å². The number of hydrogen-bond donors (Lipinski definition) is 1. The first-order valence-corrected chi connectivity index (χ1v) is 9.15. The Hall–Kier alpha value is -2.32. The maximum Gasteiger partial charge on any atom is 0.341 e. The molecule has 0 bridgehead atoms. The normalized spacial score (nSPS) is 10.7. The maximum atomic E-state index is 12.2. The molecule has 0 aliphatic rings. The summed E-state index contributed by atoms with van der Waals surface area (Å²) in [7, 11) is 0. The molecule has 0 fully saturated rings. The first kappa shape index (κ1) is 16.5. The van der Waals surface area contributed by atoms with Crippen molar-refractivity contribution in [3.63, 3.8) is 0 Å². The molecule has 0 aliphatic carbocycles. The molecule has 0 unspecified atom stereocenters. The molecule has 3 aromatic rings. The number of ether oxygens (including phenoxy) is 1. The molecule has 3 rings (SSSR count). The van der Waals surface area contributed by atoms with Gasteiger partial charge in [-0.05, 0) is 30.5 Å². The summed E-state index contributed by atoms with van der Waals surface area (Å²) in [5.74, 6) is -0.421. The second-order valence-electron chi connectivity index (χ2n) is 4.76. The number of aromatic nitrogens is 2. The third-order valence-electron chi connectivity index (χ3n) is 3.15. The molecular weight excluding hydrogens is 346 g/mol. The minimum atomic E-state index is -0.430. The number of fused-ring (bicyclic) bond motifs is 1. The number of nitrogens with one attached hydrogen (secondary N) is 1. The number of nitrogens with zero attached hydrogens (tertiary/aromatic N) is 2. The van der Waals surface area contributed by atoms with Crippen LogP contribution in [0.3, 0.4) is 0 Å². The fourth-order valence-electron chi connectivity index (χ4n) is 2.09. The molecular formula is C16H15N3O3S2. The van der Waals surface area contributed by atoms with Crippen molar-refractivity contribution in [1.82, 2.24) is 9.38 Å². The van der Waals surface area contributed by atoms with E-state index < -0.39 is 5.97 Å². The van der Waals surface area contributed by atoms with Gasteiger partial charge in [0, 0.05) is 6.20 Å². The maximum absolute atomic E-state index is 12.2. The standard InChI is InChI=1S/C16H15N3O3S2/c1-2-22-15(21)12-6-8-23-14(12)18-13(20)10-24-16-17-9-11-5-3-4-7-19(11)16/h3-9H,2,10H2,1H3,(H,18,20). The minimum absolute atomic E-state index is 0.194. The second kappa shape index (κ2) is 7.50. The van der Waals surface area contributed by atoms with Gasteiger partial charge in [0.25, 0.3) is 0 Å². The van der Waals surface area contributed by atoms with Crippen molar-refractivity contribution >= 4 is 45.5 Å². The molecule has 0 aliphatic heterocycles. The van der Waals surface area contributed by atoms with Crippen LogP contribution in [0.2, 0.25) is 0 Å². The molecule has 0 radical (unpaired) electrons. The average Bonchev–Trinajstić information content (AvgIpc) is 3.20. The number of amides is 1. The molecule has 3 heterocycles. The van der Waals surface area contributed by atoms with Crippen LogP contribution >= 0.6 is 23.1 Å². The van der Waals surface area contributed by atoms with Crippen LogP contribution in [0.4, 0.5) is 5.00 Å². The Bertz CT molecular complexity index is 872. The lowest BCUT2D eigenvalue weighted by Gasteiger charge is -2.06. The van der Waals surface area contributed by atoms with Crippen LogP contribution in [0.25, 0.3) is 5.52 Å². The molecule has 124 valence electrons. The Morgan fingerprint density at radius 2 is 2.25 bits per heavy atom. The molecule has 6 nitrogen and oxygen atoms in total. The van der Waals surface area contributed by atoms with Crippen molar-refractivity contribution in [3.05, 3.63) is 47.6 Å². The highest BCUT2D eigenvalue weighted by Crippen LogP contribution is 2.25. The molecule has 24 heavy (non-hydrogen) atoms. The lowest BCUT2D eigenvalue weighted by atomic mass is 10.3. The number of anilines is 1. The van der Waals surface area contributed by atoms with Gasteiger partial charge >= 0.3 is 5.97 Å². The third kappa shape index (κ3) is 3.60. The number of thioether (sulfide) groups is 1. The fourth-order valence-corrected chi connectivity index (χ4v) is 3.65. The van der Waals surface area contributed by atoms with Crippen LogP contribution in [0, 0.1) is 0 Å². The summed E-state index contributed by atoms with van der Waals surface area (Å²) in [5.41, 5.74) is 1.36. The lowest BCUT2D eigenvalue weighted by Crippen LogP contribution is -2.16. The highest BCUT2D eigenvalue weighted by molar-refractivity contribution is 7.99. The van der Waals surface area contributed by atoms with Gasteiger partial charge in [0.15, 0.2) is 5.16 Å². The number of imidazole rings is 1. The zero-order valence-corrected chi connectivity index (χ0v) is 14.5. The van der Waals surface area contributed by atoms with E-state index in [1.54, 1.807) is 24.6 Å². The van der Waals surface area contributed by atoms with E-state index in [0.29, 0.717) is 17.2 Å². The second-order valence-corrected chi connectivity index (χ2v) is 6.62. The molecule has 1 N–H and O–H groups in total.